The number of urea groups is 1. The second kappa shape index (κ2) is 9.90. The molecule has 0 aliphatic rings. The molecule has 3 rings (SSSR count). The quantitative estimate of drug-likeness (QED) is 0.459. The number of ketones is 1. The minimum absolute atomic E-state index is 0.0271. The standard InChI is InChI=1S/C22H27N7O3/c1-6-18(30)15-11-23-19(27-22(31)25-13(2)3)10-17(15)26-16-9-7-8-14(20(16)32-5)21-24-12-29(4)28-21/h7-13H,6H2,1-5H3,(H3,23,25,26,27,31). The summed E-state index contributed by atoms with van der Waals surface area (Å²) in [6.45, 7) is 5.50. The highest BCUT2D eigenvalue weighted by Gasteiger charge is 2.18. The van der Waals surface area contributed by atoms with Gasteiger partial charge in [-0.05, 0) is 26.0 Å². The van der Waals surface area contributed by atoms with Gasteiger partial charge in [0.15, 0.2) is 17.4 Å². The summed E-state index contributed by atoms with van der Waals surface area (Å²) >= 11 is 0. The van der Waals surface area contributed by atoms with Crippen molar-refractivity contribution in [3.05, 3.63) is 42.4 Å². The Bertz CT molecular complexity index is 1120. The number of pyridine rings is 1. The molecule has 0 unspecified atom stereocenters. The van der Waals surface area contributed by atoms with E-state index < -0.39 is 0 Å². The molecule has 10 nitrogen and oxygen atoms in total. The molecule has 0 fully saturated rings. The van der Waals surface area contributed by atoms with Gasteiger partial charge in [0.25, 0.3) is 0 Å². The number of aromatic nitrogens is 4. The number of rotatable bonds is 8. The molecule has 1 aromatic carbocycles. The van der Waals surface area contributed by atoms with Gasteiger partial charge in [0.05, 0.1) is 29.6 Å². The maximum atomic E-state index is 12.5. The van der Waals surface area contributed by atoms with Crippen LogP contribution in [0.25, 0.3) is 11.4 Å². The highest BCUT2D eigenvalue weighted by molar-refractivity contribution is 6.02. The van der Waals surface area contributed by atoms with Crippen LogP contribution < -0.4 is 20.7 Å². The predicted octanol–water partition coefficient (Wildman–Crippen LogP) is 3.75. The lowest BCUT2D eigenvalue weighted by atomic mass is 10.1. The molecule has 0 spiro atoms. The second-order valence-electron chi connectivity index (χ2n) is 7.40. The predicted molar refractivity (Wildman–Crippen MR) is 122 cm³/mol. The third kappa shape index (κ3) is 5.20. The maximum absolute atomic E-state index is 12.5. The van der Waals surface area contributed by atoms with Crippen molar-refractivity contribution in [2.45, 2.75) is 33.2 Å². The van der Waals surface area contributed by atoms with Gasteiger partial charge in [-0.1, -0.05) is 13.0 Å². The molecule has 10 heteroatoms. The molecular weight excluding hydrogens is 410 g/mol. The minimum atomic E-state index is -0.381. The SMILES string of the molecule is CCC(=O)c1cnc(NC(=O)NC(C)C)cc1Nc1cccc(-c2ncn(C)n2)c1OC. The molecule has 168 valence electrons. The van der Waals surface area contributed by atoms with Crippen LogP contribution in [0.5, 0.6) is 5.75 Å². The maximum Gasteiger partial charge on any atom is 0.320 e. The molecule has 0 bridgehead atoms. The summed E-state index contributed by atoms with van der Waals surface area (Å²) in [5, 5.41) is 13.0. The lowest BCUT2D eigenvalue weighted by Gasteiger charge is -2.17. The molecule has 2 aromatic heterocycles. The summed E-state index contributed by atoms with van der Waals surface area (Å²) in [7, 11) is 3.34. The molecule has 2 heterocycles. The molecule has 0 aliphatic carbocycles. The average molecular weight is 438 g/mol. The van der Waals surface area contributed by atoms with Gasteiger partial charge >= 0.3 is 6.03 Å². The lowest BCUT2D eigenvalue weighted by Crippen LogP contribution is -2.34. The molecule has 0 atom stereocenters. The number of hydrogen-bond acceptors (Lipinski definition) is 7. The number of anilines is 3. The van der Waals surface area contributed by atoms with E-state index in [1.165, 1.54) is 6.20 Å². The van der Waals surface area contributed by atoms with Crippen molar-refractivity contribution >= 4 is 29.0 Å². The van der Waals surface area contributed by atoms with Crippen LogP contribution in [0.15, 0.2) is 36.8 Å². The Kier molecular flexibility index (Phi) is 7.04. The fourth-order valence-corrected chi connectivity index (χ4v) is 3.09. The smallest absolute Gasteiger partial charge is 0.320 e. The molecule has 0 radical (unpaired) electrons. The Morgan fingerprint density at radius 3 is 2.59 bits per heavy atom. The van der Waals surface area contributed by atoms with Crippen LogP contribution in [0.3, 0.4) is 0 Å². The Morgan fingerprint density at radius 1 is 1.19 bits per heavy atom. The lowest BCUT2D eigenvalue weighted by molar-refractivity contribution is 0.0988. The van der Waals surface area contributed by atoms with Gasteiger partial charge in [0.2, 0.25) is 0 Å². The molecule has 0 aliphatic heterocycles. The van der Waals surface area contributed by atoms with E-state index in [2.05, 4.69) is 31.0 Å². The normalized spacial score (nSPS) is 10.7. The van der Waals surface area contributed by atoms with Gasteiger partial charge < -0.3 is 15.4 Å². The van der Waals surface area contributed by atoms with E-state index in [9.17, 15) is 9.59 Å². The van der Waals surface area contributed by atoms with Gasteiger partial charge in [0.1, 0.15) is 12.1 Å². The molecule has 32 heavy (non-hydrogen) atoms. The highest BCUT2D eigenvalue weighted by atomic mass is 16.5. The highest BCUT2D eigenvalue weighted by Crippen LogP contribution is 2.37. The van der Waals surface area contributed by atoms with Crippen molar-refractivity contribution in [1.82, 2.24) is 25.1 Å². The third-order valence-corrected chi connectivity index (χ3v) is 4.52. The van der Waals surface area contributed by atoms with Crippen LogP contribution in [0.4, 0.5) is 22.0 Å². The second-order valence-corrected chi connectivity index (χ2v) is 7.40. The molecule has 2 amide bonds. The van der Waals surface area contributed by atoms with E-state index in [-0.39, 0.29) is 17.9 Å². The monoisotopic (exact) mass is 437 g/mol. The molecule has 0 saturated heterocycles. The first-order valence-electron chi connectivity index (χ1n) is 10.2. The van der Waals surface area contributed by atoms with Crippen LogP contribution in [-0.4, -0.2) is 44.7 Å². The third-order valence-electron chi connectivity index (χ3n) is 4.52. The van der Waals surface area contributed by atoms with Crippen LogP contribution in [-0.2, 0) is 7.05 Å². The van der Waals surface area contributed by atoms with E-state index in [0.717, 1.165) is 0 Å². The number of methoxy groups -OCH3 is 1. The Hall–Kier alpha value is -3.95. The minimum Gasteiger partial charge on any atom is -0.494 e. The van der Waals surface area contributed by atoms with Crippen LogP contribution in [0.2, 0.25) is 0 Å². The number of Topliss-reactive ketones (excluding diaryl/α,β-unsaturated/α-hetero) is 1. The number of hydrogen-bond donors (Lipinski definition) is 3. The number of para-hydroxylation sites is 1. The van der Waals surface area contributed by atoms with Gasteiger partial charge in [0, 0.05) is 31.8 Å². The van der Waals surface area contributed by atoms with Crippen LogP contribution in [0.1, 0.15) is 37.6 Å². The summed E-state index contributed by atoms with van der Waals surface area (Å²) in [6.07, 6.45) is 3.37. The van der Waals surface area contributed by atoms with Crippen molar-refractivity contribution in [2.75, 3.05) is 17.7 Å². The van der Waals surface area contributed by atoms with Crippen molar-refractivity contribution < 1.29 is 14.3 Å². The summed E-state index contributed by atoms with van der Waals surface area (Å²) < 4.78 is 7.25. The number of benzene rings is 1. The van der Waals surface area contributed by atoms with E-state index in [4.69, 9.17) is 4.74 Å². The van der Waals surface area contributed by atoms with Gasteiger partial charge in [-0.25, -0.2) is 14.8 Å². The molecule has 0 saturated carbocycles. The topological polar surface area (TPSA) is 123 Å². The number of nitrogens with zero attached hydrogens (tertiary/aromatic N) is 4. The molecular formula is C22H27N7O3. The number of ether oxygens (including phenoxy) is 1. The van der Waals surface area contributed by atoms with Gasteiger partial charge in [-0.2, -0.15) is 5.10 Å². The summed E-state index contributed by atoms with van der Waals surface area (Å²) in [5.74, 6) is 1.26. The fourth-order valence-electron chi connectivity index (χ4n) is 3.09. The van der Waals surface area contributed by atoms with Crippen molar-refractivity contribution in [1.29, 1.82) is 0 Å². The van der Waals surface area contributed by atoms with Gasteiger partial charge in [-0.3, -0.25) is 14.8 Å². The first kappa shape index (κ1) is 22.7. The zero-order valence-corrected chi connectivity index (χ0v) is 18.8. The zero-order chi connectivity index (χ0) is 23.3. The Morgan fingerprint density at radius 2 is 1.97 bits per heavy atom. The molecule has 3 aromatic rings. The number of amides is 2. The van der Waals surface area contributed by atoms with E-state index >= 15 is 0 Å². The van der Waals surface area contributed by atoms with Crippen molar-refractivity contribution in [2.24, 2.45) is 7.05 Å². The summed E-state index contributed by atoms with van der Waals surface area (Å²) in [4.78, 5) is 33.1. The number of carbonyl (C=O) groups excluding carboxylic acids is 2. The average Bonchev–Trinajstić information content (AvgIpc) is 3.18. The number of nitrogens with one attached hydrogen (secondary N) is 3. The Balaban J connectivity index is 2.00. The zero-order valence-electron chi connectivity index (χ0n) is 18.8. The van der Waals surface area contributed by atoms with E-state index in [1.54, 1.807) is 38.2 Å². The first-order chi connectivity index (χ1) is 15.3. The van der Waals surface area contributed by atoms with Gasteiger partial charge in [-0.15, -0.1) is 0 Å². The summed E-state index contributed by atoms with van der Waals surface area (Å²) in [5.41, 5.74) is 2.22. The fraction of sp³-hybridized carbons (Fsp3) is 0.318. The largest absolute Gasteiger partial charge is 0.494 e. The number of carbonyl (C=O) groups is 2. The van der Waals surface area contributed by atoms with Crippen molar-refractivity contribution in [3.63, 3.8) is 0 Å². The van der Waals surface area contributed by atoms with E-state index in [1.807, 2.05) is 32.0 Å². The summed E-state index contributed by atoms with van der Waals surface area (Å²) in [6, 6.07) is 6.73. The first-order valence-corrected chi connectivity index (χ1v) is 10.2. The number of aryl methyl sites for hydroxylation is 1. The Labute approximate surface area is 186 Å². The molecule has 3 N–H and O–H groups in total. The van der Waals surface area contributed by atoms with Crippen molar-refractivity contribution in [3.8, 4) is 17.1 Å². The van der Waals surface area contributed by atoms with E-state index in [0.29, 0.717) is 46.3 Å². The van der Waals surface area contributed by atoms with Crippen LogP contribution in [0, 0.1) is 0 Å². The van der Waals surface area contributed by atoms with Crippen LogP contribution >= 0.6 is 0 Å².